The van der Waals surface area contributed by atoms with Crippen molar-refractivity contribution < 1.29 is 9.84 Å². The van der Waals surface area contributed by atoms with Crippen molar-refractivity contribution in [1.82, 2.24) is 14.9 Å². The topological polar surface area (TPSA) is 61.4 Å². The lowest BCUT2D eigenvalue weighted by Gasteiger charge is -2.43. The Hall–Kier alpha value is -2.37. The third-order valence-electron chi connectivity index (χ3n) is 7.73. The zero-order valence-electron chi connectivity index (χ0n) is 19.3. The van der Waals surface area contributed by atoms with Gasteiger partial charge in [0, 0.05) is 18.9 Å². The minimum atomic E-state index is -0.570. The normalized spacial score (nSPS) is 24.6. The van der Waals surface area contributed by atoms with Crippen LogP contribution in [-0.2, 0) is 6.42 Å². The molecule has 5 nitrogen and oxygen atoms in total. The molecule has 0 saturated heterocycles. The zero-order valence-corrected chi connectivity index (χ0v) is 19.3. The van der Waals surface area contributed by atoms with E-state index in [9.17, 15) is 5.11 Å². The number of aromatic amines is 1. The lowest BCUT2D eigenvalue weighted by atomic mass is 9.67. The van der Waals surface area contributed by atoms with Crippen molar-refractivity contribution in [3.8, 4) is 5.75 Å². The fourth-order valence-electron chi connectivity index (χ4n) is 6.05. The molecule has 0 amide bonds. The smallest absolute Gasteiger partial charge is 0.146 e. The third-order valence-corrected chi connectivity index (χ3v) is 7.73. The van der Waals surface area contributed by atoms with E-state index < -0.39 is 5.60 Å². The Morgan fingerprint density at radius 2 is 1.97 bits per heavy atom. The summed E-state index contributed by atoms with van der Waals surface area (Å²) in [5.74, 6) is 2.63. The fourth-order valence-corrected chi connectivity index (χ4v) is 6.05. The molecule has 2 aromatic carbocycles. The van der Waals surface area contributed by atoms with E-state index >= 15 is 0 Å². The number of aryl methyl sites for hydroxylation is 1. The quantitative estimate of drug-likeness (QED) is 0.524. The number of para-hydroxylation sites is 1. The second kappa shape index (κ2) is 8.87. The minimum Gasteiger partial charge on any atom is -0.494 e. The Morgan fingerprint density at radius 3 is 2.81 bits per heavy atom. The molecular formula is C27H35N3O2. The summed E-state index contributed by atoms with van der Waals surface area (Å²) >= 11 is 0. The van der Waals surface area contributed by atoms with E-state index in [0.717, 1.165) is 67.8 Å². The van der Waals surface area contributed by atoms with E-state index in [1.165, 1.54) is 24.0 Å². The summed E-state index contributed by atoms with van der Waals surface area (Å²) in [6.07, 6.45) is 7.27. The van der Waals surface area contributed by atoms with Crippen molar-refractivity contribution in [2.75, 3.05) is 27.2 Å². The summed E-state index contributed by atoms with van der Waals surface area (Å²) < 4.78 is 5.42. The summed E-state index contributed by atoms with van der Waals surface area (Å²) in [4.78, 5) is 10.5. The summed E-state index contributed by atoms with van der Waals surface area (Å²) in [6, 6.07) is 14.8. The van der Waals surface area contributed by atoms with Crippen LogP contribution in [0.15, 0.2) is 42.5 Å². The van der Waals surface area contributed by atoms with Crippen LogP contribution in [0.5, 0.6) is 5.75 Å². The number of hydrogen-bond donors (Lipinski definition) is 2. The second-order valence-electron chi connectivity index (χ2n) is 9.81. The molecule has 170 valence electrons. The number of nitrogens with one attached hydrogen (secondary N) is 1. The average molecular weight is 434 g/mol. The summed E-state index contributed by atoms with van der Waals surface area (Å²) in [5, 5.41) is 11.7. The van der Waals surface area contributed by atoms with E-state index in [1.54, 1.807) is 7.11 Å². The number of hydrogen-bond acceptors (Lipinski definition) is 4. The lowest BCUT2D eigenvalue weighted by Crippen LogP contribution is -2.43. The Labute approximate surface area is 190 Å². The lowest BCUT2D eigenvalue weighted by molar-refractivity contribution is -0.0194. The summed E-state index contributed by atoms with van der Waals surface area (Å²) in [7, 11) is 3.86. The van der Waals surface area contributed by atoms with Crippen LogP contribution in [-0.4, -0.2) is 52.8 Å². The maximum Gasteiger partial charge on any atom is 0.146 e. The number of benzene rings is 2. The molecule has 1 aromatic heterocycles. The third kappa shape index (κ3) is 4.04. The van der Waals surface area contributed by atoms with Crippen molar-refractivity contribution in [3.05, 3.63) is 59.4 Å². The number of ether oxygens (including phenoxy) is 1. The number of rotatable bonds is 8. The molecule has 5 heteroatoms. The van der Waals surface area contributed by atoms with Crippen molar-refractivity contribution in [1.29, 1.82) is 0 Å². The van der Waals surface area contributed by atoms with Gasteiger partial charge in [-0.05, 0) is 74.9 Å². The molecule has 0 unspecified atom stereocenters. The zero-order chi connectivity index (χ0) is 22.1. The summed E-state index contributed by atoms with van der Waals surface area (Å²) in [5.41, 5.74) is 4.27. The van der Waals surface area contributed by atoms with E-state index in [0.29, 0.717) is 5.92 Å². The van der Waals surface area contributed by atoms with Gasteiger partial charge in [-0.3, -0.25) is 0 Å². The number of H-pyrrole nitrogens is 1. The maximum absolute atomic E-state index is 11.7. The Bertz CT molecular complexity index is 1080. The standard InChI is InChI=1S/C27H35N3O2/c1-30(16-7-14-25-28-23-12-6-13-24(32-2)26(23)29-25)17-15-27(31)18-19-8-5-11-22(27)21-10-4-3-9-20(19)21/h3-4,6,9-10,12-13,19,22,31H,5,7-8,11,14-18H2,1-2H3,(H,28,29)/t19-,22-,27+/m1/s1. The van der Waals surface area contributed by atoms with Gasteiger partial charge in [0.15, 0.2) is 0 Å². The van der Waals surface area contributed by atoms with Gasteiger partial charge in [-0.2, -0.15) is 0 Å². The number of aliphatic hydroxyl groups is 1. The van der Waals surface area contributed by atoms with Gasteiger partial charge >= 0.3 is 0 Å². The fraction of sp³-hybridized carbons (Fsp3) is 0.519. The van der Waals surface area contributed by atoms with Gasteiger partial charge in [0.25, 0.3) is 0 Å². The van der Waals surface area contributed by atoms with Crippen molar-refractivity contribution in [2.24, 2.45) is 0 Å². The number of fused-ring (bicyclic) bond motifs is 4. The number of imidazole rings is 1. The van der Waals surface area contributed by atoms with Crippen molar-refractivity contribution >= 4 is 11.0 Å². The first kappa shape index (κ1) is 21.5. The van der Waals surface area contributed by atoms with Crippen LogP contribution in [0.1, 0.15) is 67.3 Å². The SMILES string of the molecule is COc1cccc2[nH]c(CCCN(C)CC[C@]3(O)C[C@H]4CCC[C@@H]3c3ccccc34)nc12. The highest BCUT2D eigenvalue weighted by atomic mass is 16.5. The molecule has 2 N–H and O–H groups in total. The second-order valence-corrected chi connectivity index (χ2v) is 9.81. The van der Waals surface area contributed by atoms with Gasteiger partial charge in [0.1, 0.15) is 17.1 Å². The monoisotopic (exact) mass is 433 g/mol. The largest absolute Gasteiger partial charge is 0.494 e. The predicted octanol–water partition coefficient (Wildman–Crippen LogP) is 5.01. The molecular weight excluding hydrogens is 398 g/mol. The maximum atomic E-state index is 11.7. The number of methoxy groups -OCH3 is 1. The molecule has 3 aliphatic rings. The van der Waals surface area contributed by atoms with Gasteiger partial charge in [0.2, 0.25) is 0 Å². The average Bonchev–Trinajstić information content (AvgIpc) is 3.03. The Morgan fingerprint density at radius 1 is 1.12 bits per heavy atom. The highest BCUT2D eigenvalue weighted by molar-refractivity contribution is 5.81. The molecule has 0 aliphatic heterocycles. The summed E-state index contributed by atoms with van der Waals surface area (Å²) in [6.45, 7) is 1.92. The molecule has 0 radical (unpaired) electrons. The molecule has 2 bridgehead atoms. The Balaban J connectivity index is 1.17. The Kier molecular flexibility index (Phi) is 5.95. The van der Waals surface area contributed by atoms with Gasteiger partial charge < -0.3 is 19.7 Å². The van der Waals surface area contributed by atoms with Gasteiger partial charge in [-0.25, -0.2) is 4.98 Å². The first-order valence-electron chi connectivity index (χ1n) is 12.1. The molecule has 3 aliphatic carbocycles. The predicted molar refractivity (Wildman–Crippen MR) is 128 cm³/mol. The van der Waals surface area contributed by atoms with E-state index in [-0.39, 0.29) is 5.92 Å². The molecule has 3 aromatic rings. The highest BCUT2D eigenvalue weighted by Crippen LogP contribution is 2.53. The van der Waals surface area contributed by atoms with Gasteiger partial charge in [0.05, 0.1) is 18.2 Å². The molecule has 1 fully saturated rings. The van der Waals surface area contributed by atoms with Crippen LogP contribution >= 0.6 is 0 Å². The highest BCUT2D eigenvalue weighted by Gasteiger charge is 2.46. The van der Waals surface area contributed by atoms with E-state index in [4.69, 9.17) is 9.72 Å². The molecule has 1 saturated carbocycles. The van der Waals surface area contributed by atoms with E-state index in [1.807, 2.05) is 18.2 Å². The minimum absolute atomic E-state index is 0.288. The van der Waals surface area contributed by atoms with Crippen molar-refractivity contribution in [2.45, 2.75) is 62.4 Å². The van der Waals surface area contributed by atoms with Crippen LogP contribution in [0.3, 0.4) is 0 Å². The van der Waals surface area contributed by atoms with Crippen LogP contribution in [0.2, 0.25) is 0 Å². The van der Waals surface area contributed by atoms with Gasteiger partial charge in [-0.1, -0.05) is 36.8 Å². The van der Waals surface area contributed by atoms with Crippen LogP contribution < -0.4 is 4.74 Å². The van der Waals surface area contributed by atoms with Crippen LogP contribution in [0.4, 0.5) is 0 Å². The van der Waals surface area contributed by atoms with Crippen LogP contribution in [0.25, 0.3) is 11.0 Å². The molecule has 0 spiro atoms. The number of aromatic nitrogens is 2. The molecule has 3 atom stereocenters. The number of nitrogens with zero attached hydrogens (tertiary/aromatic N) is 2. The first-order chi connectivity index (χ1) is 15.6. The molecule has 6 rings (SSSR count). The van der Waals surface area contributed by atoms with Crippen LogP contribution in [0, 0.1) is 0 Å². The molecule has 1 heterocycles. The van der Waals surface area contributed by atoms with Crippen molar-refractivity contribution in [3.63, 3.8) is 0 Å². The van der Waals surface area contributed by atoms with Gasteiger partial charge in [-0.15, -0.1) is 0 Å². The van der Waals surface area contributed by atoms with E-state index in [2.05, 4.69) is 41.2 Å². The molecule has 32 heavy (non-hydrogen) atoms. The first-order valence-corrected chi connectivity index (χ1v) is 12.1.